The summed E-state index contributed by atoms with van der Waals surface area (Å²) in [6.07, 6.45) is 3.29. The molecular weight excluding hydrogens is 375 g/mol. The van der Waals surface area contributed by atoms with Gasteiger partial charge in [0.25, 0.3) is 5.91 Å². The van der Waals surface area contributed by atoms with Gasteiger partial charge >= 0.3 is 0 Å². The lowest BCUT2D eigenvalue weighted by Gasteiger charge is -2.42. The first-order valence-electron chi connectivity index (χ1n) is 10.3. The number of anilines is 2. The predicted molar refractivity (Wildman–Crippen MR) is 110 cm³/mol. The summed E-state index contributed by atoms with van der Waals surface area (Å²) in [6, 6.07) is 4.26. The van der Waals surface area contributed by atoms with Crippen molar-refractivity contribution in [2.75, 3.05) is 43.1 Å². The van der Waals surface area contributed by atoms with Gasteiger partial charge in [-0.05, 0) is 37.0 Å². The summed E-state index contributed by atoms with van der Waals surface area (Å²) in [6.45, 7) is 5.97. The van der Waals surface area contributed by atoms with Crippen molar-refractivity contribution in [2.45, 2.75) is 45.2 Å². The minimum Gasteiger partial charge on any atom is -0.370 e. The lowest BCUT2D eigenvalue weighted by Crippen LogP contribution is -2.55. The van der Waals surface area contributed by atoms with Crippen LogP contribution in [0.15, 0.2) is 18.2 Å². The number of carbonyl (C=O) groups is 2. The average molecular weight is 407 g/mol. The molecule has 1 aliphatic heterocycles. The topological polar surface area (TPSA) is 87.9 Å². The van der Waals surface area contributed by atoms with Crippen LogP contribution in [0, 0.1) is 11.7 Å². The van der Waals surface area contributed by atoms with Crippen LogP contribution in [-0.4, -0.2) is 61.6 Å². The molecule has 1 aliphatic carbocycles. The second-order valence-electron chi connectivity index (χ2n) is 8.18. The quantitative estimate of drug-likeness (QED) is 0.689. The second-order valence-corrected chi connectivity index (χ2v) is 8.18. The smallest absolute Gasteiger partial charge is 0.253 e. The van der Waals surface area contributed by atoms with Crippen molar-refractivity contribution in [1.82, 2.24) is 4.90 Å². The molecule has 1 heterocycles. The maximum absolute atomic E-state index is 14.7. The van der Waals surface area contributed by atoms with Gasteiger partial charge in [0.05, 0.1) is 12.3 Å². The first-order valence-corrected chi connectivity index (χ1v) is 10.3. The average Bonchev–Trinajstić information content (AvgIpc) is 2.62. The fourth-order valence-electron chi connectivity index (χ4n) is 3.84. The molecular formula is C21H31FN4O3. The molecule has 3 N–H and O–H groups in total. The Hall–Kier alpha value is -2.03. The van der Waals surface area contributed by atoms with E-state index in [0.717, 1.165) is 25.8 Å². The van der Waals surface area contributed by atoms with E-state index in [1.807, 2.05) is 0 Å². The molecule has 8 heteroatoms. The van der Waals surface area contributed by atoms with E-state index in [1.165, 1.54) is 17.0 Å². The second kappa shape index (κ2) is 9.65. The number of morpholine rings is 1. The number of benzene rings is 1. The Kier molecular flexibility index (Phi) is 7.21. The van der Waals surface area contributed by atoms with Crippen LogP contribution in [0.2, 0.25) is 0 Å². The number of hydrogen-bond donors (Lipinski definition) is 2. The SMILES string of the molecule is CC(C)CN(C1CCC1)[C@@H](CN)C(=O)Nc1ccc(N2CCOCC2=O)cc1F. The molecule has 29 heavy (non-hydrogen) atoms. The van der Waals surface area contributed by atoms with Gasteiger partial charge in [-0.15, -0.1) is 0 Å². The first kappa shape index (κ1) is 21.7. The fourth-order valence-corrected chi connectivity index (χ4v) is 3.84. The molecule has 3 rings (SSSR count). The lowest BCUT2D eigenvalue weighted by atomic mass is 9.89. The molecule has 0 aromatic heterocycles. The summed E-state index contributed by atoms with van der Waals surface area (Å²) in [4.78, 5) is 28.5. The van der Waals surface area contributed by atoms with Crippen molar-refractivity contribution in [2.24, 2.45) is 11.7 Å². The van der Waals surface area contributed by atoms with Crippen LogP contribution in [0.4, 0.5) is 15.8 Å². The van der Waals surface area contributed by atoms with Crippen molar-refractivity contribution >= 4 is 23.2 Å². The van der Waals surface area contributed by atoms with E-state index < -0.39 is 11.9 Å². The zero-order valence-electron chi connectivity index (χ0n) is 17.2. The van der Waals surface area contributed by atoms with E-state index in [9.17, 15) is 14.0 Å². The summed E-state index contributed by atoms with van der Waals surface area (Å²) >= 11 is 0. The molecule has 160 valence electrons. The van der Waals surface area contributed by atoms with Crippen molar-refractivity contribution < 1.29 is 18.7 Å². The summed E-state index contributed by atoms with van der Waals surface area (Å²) in [5.74, 6) is -0.681. The molecule has 1 saturated heterocycles. The Labute approximate surface area is 171 Å². The molecule has 0 unspecified atom stereocenters. The van der Waals surface area contributed by atoms with Gasteiger partial charge in [0.1, 0.15) is 18.5 Å². The lowest BCUT2D eigenvalue weighted by molar-refractivity contribution is -0.125. The van der Waals surface area contributed by atoms with Crippen LogP contribution in [0.5, 0.6) is 0 Å². The van der Waals surface area contributed by atoms with Crippen LogP contribution >= 0.6 is 0 Å². The summed E-state index contributed by atoms with van der Waals surface area (Å²) < 4.78 is 19.8. The van der Waals surface area contributed by atoms with E-state index in [4.69, 9.17) is 10.5 Å². The third kappa shape index (κ3) is 5.12. The van der Waals surface area contributed by atoms with Crippen LogP contribution in [0.25, 0.3) is 0 Å². The van der Waals surface area contributed by atoms with Crippen LogP contribution in [-0.2, 0) is 14.3 Å². The number of hydrogen-bond acceptors (Lipinski definition) is 5. The number of ether oxygens (including phenoxy) is 1. The van der Waals surface area contributed by atoms with Gasteiger partial charge in [-0.25, -0.2) is 4.39 Å². The van der Waals surface area contributed by atoms with E-state index >= 15 is 0 Å². The molecule has 2 aliphatic rings. The summed E-state index contributed by atoms with van der Waals surface area (Å²) in [5.41, 5.74) is 6.50. The zero-order valence-corrected chi connectivity index (χ0v) is 17.2. The van der Waals surface area contributed by atoms with Gasteiger partial charge in [-0.2, -0.15) is 0 Å². The molecule has 0 bridgehead atoms. The normalized spacial score (nSPS) is 18.8. The molecule has 1 aromatic rings. The number of nitrogens with zero attached hydrogens (tertiary/aromatic N) is 2. The number of amides is 2. The van der Waals surface area contributed by atoms with Gasteiger partial charge in [-0.1, -0.05) is 20.3 Å². The summed E-state index contributed by atoms with van der Waals surface area (Å²) in [7, 11) is 0. The fraction of sp³-hybridized carbons (Fsp3) is 0.619. The zero-order chi connectivity index (χ0) is 21.0. The van der Waals surface area contributed by atoms with E-state index in [2.05, 4.69) is 24.1 Å². The maximum Gasteiger partial charge on any atom is 0.253 e. The minimum atomic E-state index is -0.579. The van der Waals surface area contributed by atoms with E-state index in [1.54, 1.807) is 6.07 Å². The molecule has 2 amide bonds. The van der Waals surface area contributed by atoms with Crippen molar-refractivity contribution in [3.05, 3.63) is 24.0 Å². The van der Waals surface area contributed by atoms with Gasteiger partial charge in [0.15, 0.2) is 0 Å². The van der Waals surface area contributed by atoms with Crippen molar-refractivity contribution in [3.63, 3.8) is 0 Å². The number of carbonyl (C=O) groups excluding carboxylic acids is 2. The first-order chi connectivity index (χ1) is 13.9. The Morgan fingerprint density at radius 1 is 1.41 bits per heavy atom. The molecule has 1 saturated carbocycles. The van der Waals surface area contributed by atoms with Crippen LogP contribution in [0.3, 0.4) is 0 Å². The Balaban J connectivity index is 1.71. The Bertz CT molecular complexity index is 739. The number of nitrogens with two attached hydrogens (primary N) is 1. The molecule has 7 nitrogen and oxygen atoms in total. The highest BCUT2D eigenvalue weighted by Crippen LogP contribution is 2.28. The predicted octanol–water partition coefficient (Wildman–Crippen LogP) is 1.97. The molecule has 1 aromatic carbocycles. The third-order valence-corrected chi connectivity index (χ3v) is 5.55. The van der Waals surface area contributed by atoms with Crippen molar-refractivity contribution in [3.8, 4) is 0 Å². The summed E-state index contributed by atoms with van der Waals surface area (Å²) in [5, 5.41) is 2.70. The van der Waals surface area contributed by atoms with Gasteiger partial charge in [0.2, 0.25) is 5.91 Å². The maximum atomic E-state index is 14.7. The minimum absolute atomic E-state index is 0.00879. The number of nitrogens with one attached hydrogen (secondary N) is 1. The Morgan fingerprint density at radius 2 is 2.17 bits per heavy atom. The van der Waals surface area contributed by atoms with Gasteiger partial charge < -0.3 is 20.7 Å². The highest BCUT2D eigenvalue weighted by Gasteiger charge is 2.34. The van der Waals surface area contributed by atoms with Gasteiger partial charge in [-0.3, -0.25) is 14.5 Å². The highest BCUT2D eigenvalue weighted by molar-refractivity contribution is 5.97. The number of halogens is 1. The Morgan fingerprint density at radius 3 is 2.72 bits per heavy atom. The van der Waals surface area contributed by atoms with Gasteiger partial charge in [0, 0.05) is 31.4 Å². The highest BCUT2D eigenvalue weighted by atomic mass is 19.1. The monoisotopic (exact) mass is 406 g/mol. The molecule has 0 spiro atoms. The van der Waals surface area contributed by atoms with E-state index in [0.29, 0.717) is 30.8 Å². The largest absolute Gasteiger partial charge is 0.370 e. The van der Waals surface area contributed by atoms with Crippen LogP contribution in [0.1, 0.15) is 33.1 Å². The molecule has 0 radical (unpaired) electrons. The van der Waals surface area contributed by atoms with Crippen molar-refractivity contribution in [1.29, 1.82) is 0 Å². The van der Waals surface area contributed by atoms with Crippen LogP contribution < -0.4 is 16.0 Å². The molecule has 1 atom stereocenters. The number of rotatable bonds is 8. The third-order valence-electron chi connectivity index (χ3n) is 5.55. The molecule has 2 fully saturated rings. The standard InChI is InChI=1S/C21H31FN4O3/c1-14(2)12-26(15-4-3-5-15)19(11-23)21(28)24-18-7-6-16(10-17(18)22)25-8-9-29-13-20(25)27/h6-7,10,14-15,19H,3-5,8-9,11-13,23H2,1-2H3,(H,24,28)/t19-/m0/s1. The van der Waals surface area contributed by atoms with E-state index in [-0.39, 0.29) is 30.7 Å².